The zero-order valence-electron chi connectivity index (χ0n) is 12.7. The van der Waals surface area contributed by atoms with Crippen LogP contribution in [0, 0.1) is 0 Å². The Kier molecular flexibility index (Phi) is 5.09. The third kappa shape index (κ3) is 3.68. The van der Waals surface area contributed by atoms with E-state index in [0.717, 1.165) is 10.7 Å². The molecule has 0 aliphatic carbocycles. The zero-order valence-corrected chi connectivity index (χ0v) is 13.5. The Morgan fingerprint density at radius 2 is 2.19 bits per heavy atom. The number of anilines is 1. The van der Waals surface area contributed by atoms with Crippen LogP contribution >= 0.6 is 11.3 Å². The van der Waals surface area contributed by atoms with E-state index in [9.17, 15) is 4.79 Å². The molecule has 0 saturated carbocycles. The molecular weight excluding hydrogens is 282 g/mol. The Morgan fingerprint density at radius 1 is 1.43 bits per heavy atom. The summed E-state index contributed by atoms with van der Waals surface area (Å²) in [7, 11) is 1.78. The number of hydrogen-bond donors (Lipinski definition) is 1. The fourth-order valence-corrected chi connectivity index (χ4v) is 2.82. The standard InChI is InChI=1S/C16H21N3OS/c1-11(2)12-5-4-6-13(9-12)19(3)16(20)14-10-21-15(18-14)7-8-17/h4-6,9-11H,7-8,17H2,1-3H3. The lowest BCUT2D eigenvalue weighted by Gasteiger charge is -2.18. The highest BCUT2D eigenvalue weighted by atomic mass is 32.1. The molecule has 0 aliphatic rings. The molecule has 21 heavy (non-hydrogen) atoms. The van der Waals surface area contributed by atoms with Crippen LogP contribution < -0.4 is 10.6 Å². The molecule has 2 aromatic rings. The SMILES string of the molecule is CC(C)c1cccc(N(C)C(=O)c2csc(CCN)n2)c1. The lowest BCUT2D eigenvalue weighted by Crippen LogP contribution is -2.26. The van der Waals surface area contributed by atoms with Crippen molar-refractivity contribution in [1.29, 1.82) is 0 Å². The number of nitrogens with zero attached hydrogens (tertiary/aromatic N) is 2. The van der Waals surface area contributed by atoms with E-state index in [-0.39, 0.29) is 5.91 Å². The van der Waals surface area contributed by atoms with Crippen LogP contribution in [0.25, 0.3) is 0 Å². The molecule has 1 aromatic carbocycles. The fraction of sp³-hybridized carbons (Fsp3) is 0.375. The number of rotatable bonds is 5. The van der Waals surface area contributed by atoms with E-state index in [4.69, 9.17) is 5.73 Å². The van der Waals surface area contributed by atoms with Gasteiger partial charge in [-0.2, -0.15) is 0 Å². The molecule has 112 valence electrons. The van der Waals surface area contributed by atoms with Crippen LogP contribution in [0.2, 0.25) is 0 Å². The fourth-order valence-electron chi connectivity index (χ4n) is 2.03. The van der Waals surface area contributed by atoms with Gasteiger partial charge in [-0.25, -0.2) is 4.98 Å². The summed E-state index contributed by atoms with van der Waals surface area (Å²) in [6.45, 7) is 4.83. The predicted molar refractivity (Wildman–Crippen MR) is 88.1 cm³/mol. The molecule has 2 rings (SSSR count). The van der Waals surface area contributed by atoms with Gasteiger partial charge in [0.25, 0.3) is 5.91 Å². The van der Waals surface area contributed by atoms with Crippen molar-refractivity contribution in [2.24, 2.45) is 5.73 Å². The largest absolute Gasteiger partial charge is 0.330 e. The van der Waals surface area contributed by atoms with E-state index in [1.54, 1.807) is 17.3 Å². The molecule has 0 atom stereocenters. The average Bonchev–Trinajstić information content (AvgIpc) is 2.95. The molecule has 0 fully saturated rings. The molecule has 1 heterocycles. The van der Waals surface area contributed by atoms with Gasteiger partial charge in [-0.3, -0.25) is 4.79 Å². The molecule has 0 unspecified atom stereocenters. The summed E-state index contributed by atoms with van der Waals surface area (Å²) in [5.74, 6) is 0.347. The van der Waals surface area contributed by atoms with Gasteiger partial charge in [0.2, 0.25) is 0 Å². The summed E-state index contributed by atoms with van der Waals surface area (Å²) in [5, 5.41) is 2.71. The highest BCUT2D eigenvalue weighted by Crippen LogP contribution is 2.22. The Morgan fingerprint density at radius 3 is 2.86 bits per heavy atom. The number of aromatic nitrogens is 1. The molecule has 0 spiro atoms. The first-order chi connectivity index (χ1) is 10.0. The number of benzene rings is 1. The topological polar surface area (TPSA) is 59.2 Å². The molecule has 2 N–H and O–H groups in total. The Labute approximate surface area is 129 Å². The number of nitrogens with two attached hydrogens (primary N) is 1. The third-order valence-electron chi connectivity index (χ3n) is 3.36. The van der Waals surface area contributed by atoms with E-state index in [2.05, 4.69) is 31.0 Å². The Balaban J connectivity index is 2.19. The van der Waals surface area contributed by atoms with Crippen molar-refractivity contribution in [3.63, 3.8) is 0 Å². The van der Waals surface area contributed by atoms with Gasteiger partial charge in [-0.05, 0) is 30.2 Å². The molecule has 5 heteroatoms. The van der Waals surface area contributed by atoms with Gasteiger partial charge in [0.1, 0.15) is 5.69 Å². The number of carbonyl (C=O) groups is 1. The predicted octanol–water partition coefficient (Wildman–Crippen LogP) is 3.04. The number of carbonyl (C=O) groups excluding carboxylic acids is 1. The van der Waals surface area contributed by atoms with Crippen LogP contribution in [-0.4, -0.2) is 24.5 Å². The maximum Gasteiger partial charge on any atom is 0.277 e. The molecule has 0 bridgehead atoms. The lowest BCUT2D eigenvalue weighted by atomic mass is 10.0. The third-order valence-corrected chi connectivity index (χ3v) is 4.27. The lowest BCUT2D eigenvalue weighted by molar-refractivity contribution is 0.0988. The van der Waals surface area contributed by atoms with Crippen molar-refractivity contribution in [2.75, 3.05) is 18.5 Å². The average molecular weight is 303 g/mol. The quantitative estimate of drug-likeness (QED) is 0.923. The summed E-state index contributed by atoms with van der Waals surface area (Å²) in [5.41, 5.74) is 8.11. The number of hydrogen-bond acceptors (Lipinski definition) is 4. The van der Waals surface area contributed by atoms with E-state index < -0.39 is 0 Å². The van der Waals surface area contributed by atoms with Gasteiger partial charge in [-0.15, -0.1) is 11.3 Å². The normalized spacial score (nSPS) is 10.9. The molecule has 0 radical (unpaired) electrons. The first kappa shape index (κ1) is 15.7. The molecule has 1 amide bonds. The van der Waals surface area contributed by atoms with Gasteiger partial charge < -0.3 is 10.6 Å². The molecular formula is C16H21N3OS. The van der Waals surface area contributed by atoms with Gasteiger partial charge in [0.15, 0.2) is 0 Å². The van der Waals surface area contributed by atoms with Gasteiger partial charge in [-0.1, -0.05) is 26.0 Å². The zero-order chi connectivity index (χ0) is 15.4. The van der Waals surface area contributed by atoms with Crippen LogP contribution in [0.3, 0.4) is 0 Å². The summed E-state index contributed by atoms with van der Waals surface area (Å²) in [6, 6.07) is 8.05. The smallest absolute Gasteiger partial charge is 0.277 e. The van der Waals surface area contributed by atoms with Crippen molar-refractivity contribution in [2.45, 2.75) is 26.2 Å². The molecule has 0 saturated heterocycles. The number of amides is 1. The first-order valence-corrected chi connectivity index (χ1v) is 7.93. The highest BCUT2D eigenvalue weighted by molar-refractivity contribution is 7.09. The molecule has 1 aromatic heterocycles. The van der Waals surface area contributed by atoms with Gasteiger partial charge in [0.05, 0.1) is 5.01 Å². The highest BCUT2D eigenvalue weighted by Gasteiger charge is 2.17. The van der Waals surface area contributed by atoms with E-state index in [1.807, 2.05) is 12.1 Å². The summed E-state index contributed by atoms with van der Waals surface area (Å²) in [6.07, 6.45) is 0.713. The second kappa shape index (κ2) is 6.83. The van der Waals surface area contributed by atoms with Crippen molar-refractivity contribution in [3.8, 4) is 0 Å². The van der Waals surface area contributed by atoms with Crippen LogP contribution in [0.1, 0.15) is 40.8 Å². The Hall–Kier alpha value is -1.72. The maximum absolute atomic E-state index is 12.5. The minimum atomic E-state index is -0.0876. The maximum atomic E-state index is 12.5. The summed E-state index contributed by atoms with van der Waals surface area (Å²) < 4.78 is 0. The minimum absolute atomic E-state index is 0.0876. The van der Waals surface area contributed by atoms with Crippen molar-refractivity contribution >= 4 is 22.9 Å². The van der Waals surface area contributed by atoms with Gasteiger partial charge in [0, 0.05) is 24.5 Å². The van der Waals surface area contributed by atoms with E-state index in [0.29, 0.717) is 24.6 Å². The second-order valence-electron chi connectivity index (χ2n) is 5.28. The van der Waals surface area contributed by atoms with Gasteiger partial charge >= 0.3 is 0 Å². The monoisotopic (exact) mass is 303 g/mol. The minimum Gasteiger partial charge on any atom is -0.330 e. The number of thiazole rings is 1. The van der Waals surface area contributed by atoms with Crippen LogP contribution in [0.4, 0.5) is 5.69 Å². The van der Waals surface area contributed by atoms with Crippen LogP contribution in [0.5, 0.6) is 0 Å². The van der Waals surface area contributed by atoms with E-state index in [1.165, 1.54) is 16.9 Å². The molecule has 0 aliphatic heterocycles. The van der Waals surface area contributed by atoms with Crippen molar-refractivity contribution in [3.05, 3.63) is 45.9 Å². The summed E-state index contributed by atoms with van der Waals surface area (Å²) in [4.78, 5) is 18.5. The first-order valence-electron chi connectivity index (χ1n) is 7.05. The van der Waals surface area contributed by atoms with Crippen LogP contribution in [-0.2, 0) is 6.42 Å². The van der Waals surface area contributed by atoms with E-state index >= 15 is 0 Å². The van der Waals surface area contributed by atoms with Crippen molar-refractivity contribution in [1.82, 2.24) is 4.98 Å². The molecule has 4 nitrogen and oxygen atoms in total. The van der Waals surface area contributed by atoms with Crippen molar-refractivity contribution < 1.29 is 4.79 Å². The second-order valence-corrected chi connectivity index (χ2v) is 6.22. The van der Waals surface area contributed by atoms with Crippen LogP contribution in [0.15, 0.2) is 29.6 Å². The summed E-state index contributed by atoms with van der Waals surface area (Å²) >= 11 is 1.48. The Bertz CT molecular complexity index is 621.